The Bertz CT molecular complexity index is 1000. The summed E-state index contributed by atoms with van der Waals surface area (Å²) >= 11 is 0. The first-order valence-corrected chi connectivity index (χ1v) is 15.4. The molecule has 8 nitrogen and oxygen atoms in total. The van der Waals surface area contributed by atoms with Crippen LogP contribution in [0.15, 0.2) is 36.0 Å². The largest absolute Gasteiger partial charge is 0.439 e. The number of piperazine rings is 1. The molecule has 1 N–H and O–H groups in total. The van der Waals surface area contributed by atoms with Gasteiger partial charge in [0.15, 0.2) is 0 Å². The molecule has 2 amide bonds. The van der Waals surface area contributed by atoms with Crippen molar-refractivity contribution in [1.29, 1.82) is 0 Å². The molecule has 3 saturated heterocycles. The SMILES string of the molecule is CC(/C=C/[C@@H]1C[C@]2(CO2)CC(C)(C)O1)=C\C[C@H]1CC[C@H](NC(=O)/C=C\C2(OC(=O)N3CCN(C)CC3)CC2)CC1. The van der Waals surface area contributed by atoms with Crippen LogP contribution >= 0.6 is 0 Å². The molecule has 3 heterocycles. The van der Waals surface area contributed by atoms with Gasteiger partial charge in [0.05, 0.1) is 23.9 Å². The third-order valence-electron chi connectivity index (χ3n) is 9.22. The number of amides is 2. The quantitative estimate of drug-likeness (QED) is 0.264. The fraction of sp³-hybridized carbons (Fsp3) is 0.750. The number of epoxide rings is 1. The van der Waals surface area contributed by atoms with Gasteiger partial charge in [-0.15, -0.1) is 0 Å². The first-order valence-electron chi connectivity index (χ1n) is 15.4. The van der Waals surface area contributed by atoms with Crippen molar-refractivity contribution in [3.05, 3.63) is 36.0 Å². The molecule has 0 aromatic heterocycles. The molecule has 0 radical (unpaired) electrons. The normalized spacial score (nSPS) is 33.9. The molecule has 8 heteroatoms. The summed E-state index contributed by atoms with van der Waals surface area (Å²) in [6, 6.07) is 0.213. The van der Waals surface area contributed by atoms with Crippen LogP contribution in [-0.2, 0) is 19.0 Å². The summed E-state index contributed by atoms with van der Waals surface area (Å²) in [7, 11) is 2.06. The van der Waals surface area contributed by atoms with Crippen LogP contribution in [0.25, 0.3) is 0 Å². The van der Waals surface area contributed by atoms with Crippen molar-refractivity contribution in [3.63, 3.8) is 0 Å². The van der Waals surface area contributed by atoms with Crippen LogP contribution < -0.4 is 5.32 Å². The Kier molecular flexibility index (Phi) is 8.79. The van der Waals surface area contributed by atoms with Gasteiger partial charge in [0.25, 0.3) is 0 Å². The number of ether oxygens (including phenoxy) is 3. The van der Waals surface area contributed by atoms with Crippen LogP contribution in [0.1, 0.15) is 78.6 Å². The second-order valence-corrected chi connectivity index (χ2v) is 13.6. The highest BCUT2D eigenvalue weighted by Crippen LogP contribution is 2.46. The highest BCUT2D eigenvalue weighted by molar-refractivity contribution is 5.88. The zero-order chi connectivity index (χ0) is 28.4. The van der Waals surface area contributed by atoms with Gasteiger partial charge in [0, 0.05) is 51.1 Å². The van der Waals surface area contributed by atoms with E-state index >= 15 is 0 Å². The van der Waals surface area contributed by atoms with Gasteiger partial charge in [0.1, 0.15) is 5.60 Å². The van der Waals surface area contributed by atoms with E-state index in [0.717, 1.165) is 77.5 Å². The Morgan fingerprint density at radius 1 is 1.05 bits per heavy atom. The van der Waals surface area contributed by atoms with Crippen molar-refractivity contribution in [1.82, 2.24) is 15.1 Å². The van der Waals surface area contributed by atoms with Crippen LogP contribution in [-0.4, -0.2) is 90.6 Å². The van der Waals surface area contributed by atoms with Crippen molar-refractivity contribution in [2.45, 2.75) is 108 Å². The minimum Gasteiger partial charge on any atom is -0.439 e. The average Bonchev–Trinajstić information content (AvgIpc) is 3.84. The maximum absolute atomic E-state index is 12.6. The van der Waals surface area contributed by atoms with E-state index in [9.17, 15) is 9.59 Å². The Hall–Kier alpha value is -2.16. The summed E-state index contributed by atoms with van der Waals surface area (Å²) in [6.07, 6.45) is 18.8. The van der Waals surface area contributed by atoms with Crippen LogP contribution in [0.5, 0.6) is 0 Å². The van der Waals surface area contributed by atoms with Gasteiger partial charge in [0.2, 0.25) is 5.91 Å². The Labute approximate surface area is 240 Å². The molecular formula is C32H49N3O5. The van der Waals surface area contributed by atoms with Crippen molar-refractivity contribution < 1.29 is 23.8 Å². The highest BCUT2D eigenvalue weighted by Gasteiger charge is 2.53. The molecule has 40 heavy (non-hydrogen) atoms. The van der Waals surface area contributed by atoms with E-state index in [-0.39, 0.29) is 35.3 Å². The molecule has 2 saturated carbocycles. The predicted octanol–water partition coefficient (Wildman–Crippen LogP) is 4.75. The summed E-state index contributed by atoms with van der Waals surface area (Å²) in [5.41, 5.74) is 0.595. The molecule has 2 aliphatic carbocycles. The zero-order valence-corrected chi connectivity index (χ0v) is 25.0. The highest BCUT2D eigenvalue weighted by atomic mass is 16.6. The fourth-order valence-corrected chi connectivity index (χ4v) is 6.49. The van der Waals surface area contributed by atoms with E-state index in [1.54, 1.807) is 17.1 Å². The molecule has 2 atom stereocenters. The number of carbonyl (C=O) groups is 2. The van der Waals surface area contributed by atoms with Gasteiger partial charge in [-0.1, -0.05) is 23.8 Å². The lowest BCUT2D eigenvalue weighted by Gasteiger charge is -2.38. The lowest BCUT2D eigenvalue weighted by atomic mass is 9.83. The van der Waals surface area contributed by atoms with E-state index in [1.807, 2.05) is 0 Å². The first kappa shape index (κ1) is 29.3. The van der Waals surface area contributed by atoms with E-state index in [4.69, 9.17) is 14.2 Å². The third kappa shape index (κ3) is 8.20. The zero-order valence-electron chi connectivity index (χ0n) is 25.0. The molecule has 0 aromatic rings. The second-order valence-electron chi connectivity index (χ2n) is 13.6. The average molecular weight is 556 g/mol. The summed E-state index contributed by atoms with van der Waals surface area (Å²) in [5.74, 6) is 0.571. The lowest BCUT2D eigenvalue weighted by Crippen LogP contribution is -2.48. The van der Waals surface area contributed by atoms with Crippen LogP contribution in [0.3, 0.4) is 0 Å². The molecule has 222 valence electrons. The maximum atomic E-state index is 12.6. The molecule has 0 bridgehead atoms. The van der Waals surface area contributed by atoms with Gasteiger partial charge in [-0.25, -0.2) is 4.79 Å². The summed E-state index contributed by atoms with van der Waals surface area (Å²) in [6.45, 7) is 10.5. The van der Waals surface area contributed by atoms with Gasteiger partial charge < -0.3 is 29.3 Å². The van der Waals surface area contributed by atoms with Gasteiger partial charge in [-0.2, -0.15) is 0 Å². The van der Waals surface area contributed by atoms with E-state index in [0.29, 0.717) is 19.0 Å². The summed E-state index contributed by atoms with van der Waals surface area (Å²) in [4.78, 5) is 29.1. The first-order chi connectivity index (χ1) is 19.0. The van der Waals surface area contributed by atoms with Gasteiger partial charge in [-0.05, 0) is 84.8 Å². The van der Waals surface area contributed by atoms with Crippen molar-refractivity contribution in [3.8, 4) is 0 Å². The summed E-state index contributed by atoms with van der Waals surface area (Å²) < 4.78 is 17.8. The lowest BCUT2D eigenvalue weighted by molar-refractivity contribution is -0.117. The van der Waals surface area contributed by atoms with Crippen molar-refractivity contribution in [2.24, 2.45) is 5.92 Å². The number of carbonyl (C=O) groups excluding carboxylic acids is 2. The number of hydrogen-bond donors (Lipinski definition) is 1. The molecule has 5 aliphatic rings. The van der Waals surface area contributed by atoms with Crippen molar-refractivity contribution >= 4 is 12.0 Å². The fourth-order valence-electron chi connectivity index (χ4n) is 6.49. The predicted molar refractivity (Wildman–Crippen MR) is 155 cm³/mol. The molecule has 5 rings (SSSR count). The molecule has 0 unspecified atom stereocenters. The van der Waals surface area contributed by atoms with Crippen LogP contribution in [0.2, 0.25) is 0 Å². The monoisotopic (exact) mass is 555 g/mol. The van der Waals surface area contributed by atoms with E-state index < -0.39 is 5.60 Å². The maximum Gasteiger partial charge on any atom is 0.410 e. The number of likely N-dealkylation sites (N-methyl/N-ethyl adjacent to an activating group) is 1. The number of rotatable bonds is 8. The van der Waals surface area contributed by atoms with Crippen LogP contribution in [0, 0.1) is 5.92 Å². The second kappa shape index (κ2) is 12.0. The molecule has 1 spiro atoms. The third-order valence-corrected chi connectivity index (χ3v) is 9.22. The smallest absolute Gasteiger partial charge is 0.410 e. The minimum absolute atomic E-state index is 0.0505. The van der Waals surface area contributed by atoms with Gasteiger partial charge >= 0.3 is 6.09 Å². The molecule has 5 fully saturated rings. The van der Waals surface area contributed by atoms with Crippen LogP contribution in [0.4, 0.5) is 4.79 Å². The number of nitrogens with one attached hydrogen (secondary N) is 1. The molecule has 0 aromatic carbocycles. The standard InChI is InChI=1S/C32H49N3O5/c1-24(6-12-27-21-32(23-38-32)22-30(2,3)39-27)5-7-25-8-10-26(11-9-25)33-28(36)13-14-31(15-16-31)40-29(37)35-19-17-34(4)18-20-35/h5-6,12-14,25-27H,7-11,15-23H2,1-4H3,(H,33,36)/b12-6+,14-13-,24-5+/t25-,26-,27-,32-/m1/s1. The Morgan fingerprint density at radius 3 is 2.40 bits per heavy atom. The summed E-state index contributed by atoms with van der Waals surface area (Å²) in [5, 5.41) is 3.17. The topological polar surface area (TPSA) is 83.6 Å². The van der Waals surface area contributed by atoms with Crippen molar-refractivity contribution in [2.75, 3.05) is 39.8 Å². The Balaban J connectivity index is 0.994. The van der Waals surface area contributed by atoms with E-state index in [1.165, 1.54) is 5.57 Å². The number of nitrogens with zero attached hydrogens (tertiary/aromatic N) is 2. The van der Waals surface area contributed by atoms with E-state index in [2.05, 4.69) is 56.3 Å². The van der Waals surface area contributed by atoms with Gasteiger partial charge in [-0.3, -0.25) is 4.79 Å². The number of hydrogen-bond acceptors (Lipinski definition) is 6. The Morgan fingerprint density at radius 2 is 1.75 bits per heavy atom. The number of allylic oxidation sites excluding steroid dienone is 3. The minimum atomic E-state index is -0.597. The molecule has 3 aliphatic heterocycles. The molecular weight excluding hydrogens is 506 g/mol.